The molecule has 0 spiro atoms. The third-order valence-corrected chi connectivity index (χ3v) is 5.05. The molecule has 2 amide bonds. The Kier molecular flexibility index (Phi) is 6.34. The molecule has 0 atom stereocenters. The molecular formula is C23H26N2O4. The zero-order valence-electron chi connectivity index (χ0n) is 17.2. The van der Waals surface area contributed by atoms with Gasteiger partial charge in [-0.1, -0.05) is 18.2 Å². The summed E-state index contributed by atoms with van der Waals surface area (Å²) < 4.78 is 10.3. The Bertz CT molecular complexity index is 948. The molecule has 0 aliphatic carbocycles. The lowest BCUT2D eigenvalue weighted by Crippen LogP contribution is -2.33. The van der Waals surface area contributed by atoms with Crippen LogP contribution in [-0.2, 0) is 14.3 Å². The Balaban J connectivity index is 1.99. The van der Waals surface area contributed by atoms with E-state index in [0.717, 1.165) is 16.8 Å². The van der Waals surface area contributed by atoms with Crippen LogP contribution in [0.15, 0.2) is 48.2 Å². The maximum atomic E-state index is 13.1. The number of benzene rings is 2. The van der Waals surface area contributed by atoms with E-state index in [0.29, 0.717) is 42.2 Å². The molecule has 0 saturated carbocycles. The topological polar surface area (TPSA) is 67.9 Å². The highest BCUT2D eigenvalue weighted by molar-refractivity contribution is 6.36. The standard InChI is InChI=1S/C23H26N2O4/c1-15-6-9-18(14-16(15)2)24-21-20(17-7-10-19(29-4)11-8-17)22(26)25(23(21)27)12-5-13-28-3/h6-11,14,24H,5,12-13H2,1-4H3. The van der Waals surface area contributed by atoms with Crippen LogP contribution < -0.4 is 10.1 Å². The van der Waals surface area contributed by atoms with Gasteiger partial charge in [-0.15, -0.1) is 0 Å². The first-order chi connectivity index (χ1) is 14.0. The molecule has 2 aromatic rings. The van der Waals surface area contributed by atoms with Gasteiger partial charge in [-0.2, -0.15) is 0 Å². The van der Waals surface area contributed by atoms with Crippen molar-refractivity contribution in [2.75, 3.05) is 32.7 Å². The minimum atomic E-state index is -0.324. The van der Waals surface area contributed by atoms with Crippen LogP contribution >= 0.6 is 0 Å². The monoisotopic (exact) mass is 394 g/mol. The Labute approximate surface area is 171 Å². The molecule has 152 valence electrons. The number of carbonyl (C=O) groups excluding carboxylic acids is 2. The second-order valence-electron chi connectivity index (χ2n) is 7.01. The highest BCUT2D eigenvalue weighted by Gasteiger charge is 2.38. The van der Waals surface area contributed by atoms with Gasteiger partial charge in [0.2, 0.25) is 0 Å². The van der Waals surface area contributed by atoms with Gasteiger partial charge in [-0.3, -0.25) is 14.5 Å². The summed E-state index contributed by atoms with van der Waals surface area (Å²) in [5.74, 6) is 0.0597. The average Bonchev–Trinajstić information content (AvgIpc) is 2.95. The SMILES string of the molecule is COCCCN1C(=O)C(Nc2ccc(C)c(C)c2)=C(c2ccc(OC)cc2)C1=O. The van der Waals surface area contributed by atoms with Crippen molar-refractivity contribution in [1.82, 2.24) is 4.90 Å². The van der Waals surface area contributed by atoms with E-state index in [1.165, 1.54) is 4.90 Å². The van der Waals surface area contributed by atoms with Crippen molar-refractivity contribution in [2.45, 2.75) is 20.3 Å². The third-order valence-electron chi connectivity index (χ3n) is 5.05. The van der Waals surface area contributed by atoms with Crippen molar-refractivity contribution < 1.29 is 19.1 Å². The van der Waals surface area contributed by atoms with Crippen molar-refractivity contribution in [3.05, 3.63) is 64.9 Å². The van der Waals surface area contributed by atoms with Gasteiger partial charge in [0.15, 0.2) is 0 Å². The largest absolute Gasteiger partial charge is 0.497 e. The highest BCUT2D eigenvalue weighted by Crippen LogP contribution is 2.31. The van der Waals surface area contributed by atoms with Crippen LogP contribution in [0, 0.1) is 13.8 Å². The summed E-state index contributed by atoms with van der Waals surface area (Å²) in [6.45, 7) is 4.83. The van der Waals surface area contributed by atoms with Crippen LogP contribution in [-0.4, -0.2) is 44.1 Å². The summed E-state index contributed by atoms with van der Waals surface area (Å²) in [5, 5.41) is 3.19. The molecule has 6 nitrogen and oxygen atoms in total. The number of nitrogens with zero attached hydrogens (tertiary/aromatic N) is 1. The van der Waals surface area contributed by atoms with Crippen LogP contribution in [0.2, 0.25) is 0 Å². The molecular weight excluding hydrogens is 368 g/mol. The van der Waals surface area contributed by atoms with E-state index in [2.05, 4.69) is 5.32 Å². The van der Waals surface area contributed by atoms with Crippen LogP contribution in [0.1, 0.15) is 23.1 Å². The molecule has 29 heavy (non-hydrogen) atoms. The molecule has 1 heterocycles. The van der Waals surface area contributed by atoms with Crippen molar-refractivity contribution in [1.29, 1.82) is 0 Å². The number of methoxy groups -OCH3 is 2. The average molecular weight is 394 g/mol. The van der Waals surface area contributed by atoms with Gasteiger partial charge in [-0.05, 0) is 61.2 Å². The summed E-state index contributed by atoms with van der Waals surface area (Å²) in [6.07, 6.45) is 0.584. The fourth-order valence-electron chi connectivity index (χ4n) is 3.25. The number of amides is 2. The van der Waals surface area contributed by atoms with Crippen molar-refractivity contribution in [2.24, 2.45) is 0 Å². The van der Waals surface area contributed by atoms with Gasteiger partial charge in [0, 0.05) is 25.9 Å². The van der Waals surface area contributed by atoms with E-state index in [1.807, 2.05) is 32.0 Å². The maximum Gasteiger partial charge on any atom is 0.278 e. The lowest BCUT2D eigenvalue weighted by Gasteiger charge is -2.15. The first-order valence-electron chi connectivity index (χ1n) is 9.54. The molecule has 0 saturated heterocycles. The second kappa shape index (κ2) is 8.92. The van der Waals surface area contributed by atoms with Gasteiger partial charge < -0.3 is 14.8 Å². The Morgan fingerprint density at radius 3 is 2.28 bits per heavy atom. The minimum Gasteiger partial charge on any atom is -0.497 e. The Morgan fingerprint density at radius 2 is 1.66 bits per heavy atom. The van der Waals surface area contributed by atoms with Gasteiger partial charge in [-0.25, -0.2) is 0 Å². The molecule has 3 rings (SSSR count). The minimum absolute atomic E-state index is 0.292. The number of imide groups is 1. The summed E-state index contributed by atoms with van der Waals surface area (Å²) >= 11 is 0. The molecule has 0 bridgehead atoms. The molecule has 1 aliphatic heterocycles. The van der Waals surface area contributed by atoms with E-state index in [-0.39, 0.29) is 11.8 Å². The summed E-state index contributed by atoms with van der Waals surface area (Å²) in [5.41, 5.74) is 4.37. The molecule has 0 unspecified atom stereocenters. The Morgan fingerprint density at radius 1 is 0.931 bits per heavy atom. The molecule has 1 aliphatic rings. The summed E-state index contributed by atoms with van der Waals surface area (Å²) in [6, 6.07) is 13.0. The number of ether oxygens (including phenoxy) is 2. The lowest BCUT2D eigenvalue weighted by atomic mass is 10.0. The van der Waals surface area contributed by atoms with Crippen LogP contribution in [0.25, 0.3) is 5.57 Å². The van der Waals surface area contributed by atoms with Crippen molar-refractivity contribution in [3.8, 4) is 5.75 Å². The van der Waals surface area contributed by atoms with E-state index in [4.69, 9.17) is 9.47 Å². The normalized spacial score (nSPS) is 14.0. The van der Waals surface area contributed by atoms with E-state index >= 15 is 0 Å². The smallest absolute Gasteiger partial charge is 0.278 e. The molecule has 2 aromatic carbocycles. The van der Waals surface area contributed by atoms with Gasteiger partial charge in [0.25, 0.3) is 11.8 Å². The van der Waals surface area contributed by atoms with Crippen LogP contribution in [0.3, 0.4) is 0 Å². The number of nitrogens with one attached hydrogen (secondary N) is 1. The lowest BCUT2D eigenvalue weighted by molar-refractivity contribution is -0.136. The number of aryl methyl sites for hydroxylation is 2. The van der Waals surface area contributed by atoms with Crippen LogP contribution in [0.4, 0.5) is 5.69 Å². The molecule has 1 N–H and O–H groups in total. The van der Waals surface area contributed by atoms with Crippen molar-refractivity contribution >= 4 is 23.1 Å². The van der Waals surface area contributed by atoms with Gasteiger partial charge >= 0.3 is 0 Å². The maximum absolute atomic E-state index is 13.1. The van der Waals surface area contributed by atoms with Crippen molar-refractivity contribution in [3.63, 3.8) is 0 Å². The molecule has 0 fully saturated rings. The van der Waals surface area contributed by atoms with E-state index in [1.54, 1.807) is 38.5 Å². The molecule has 0 radical (unpaired) electrons. The quantitative estimate of drug-likeness (QED) is 0.548. The zero-order valence-corrected chi connectivity index (χ0v) is 17.2. The highest BCUT2D eigenvalue weighted by atomic mass is 16.5. The fraction of sp³-hybridized carbons (Fsp3) is 0.304. The summed E-state index contributed by atoms with van der Waals surface area (Å²) in [4.78, 5) is 27.5. The number of hydrogen-bond acceptors (Lipinski definition) is 5. The first kappa shape index (κ1) is 20.6. The van der Waals surface area contributed by atoms with E-state index in [9.17, 15) is 9.59 Å². The summed E-state index contributed by atoms with van der Waals surface area (Å²) in [7, 11) is 3.18. The van der Waals surface area contributed by atoms with E-state index < -0.39 is 0 Å². The predicted molar refractivity (Wildman–Crippen MR) is 113 cm³/mol. The first-order valence-corrected chi connectivity index (χ1v) is 9.54. The van der Waals surface area contributed by atoms with Gasteiger partial charge in [0.05, 0.1) is 12.7 Å². The Hall–Kier alpha value is -3.12. The fourth-order valence-corrected chi connectivity index (χ4v) is 3.25. The number of hydrogen-bond donors (Lipinski definition) is 1. The number of anilines is 1. The van der Waals surface area contributed by atoms with Crippen LogP contribution in [0.5, 0.6) is 5.75 Å². The molecule has 6 heteroatoms. The second-order valence-corrected chi connectivity index (χ2v) is 7.01. The predicted octanol–water partition coefficient (Wildman–Crippen LogP) is 3.54. The van der Waals surface area contributed by atoms with Gasteiger partial charge in [0.1, 0.15) is 11.4 Å². The zero-order chi connectivity index (χ0) is 21.0. The third kappa shape index (κ3) is 4.32. The number of carbonyl (C=O) groups is 2. The molecule has 0 aromatic heterocycles. The number of rotatable bonds is 8.